The second-order valence-corrected chi connectivity index (χ2v) is 3.50. The summed E-state index contributed by atoms with van der Waals surface area (Å²) in [5.74, 6) is 0. The molecule has 3 radical (unpaired) electrons. The number of nitrogens with zero attached hydrogens (tertiary/aromatic N) is 1. The Balaban J connectivity index is 0.000000261. The summed E-state index contributed by atoms with van der Waals surface area (Å²) in [6, 6.07) is 5.06. The second-order valence-electron chi connectivity index (χ2n) is 1.88. The maximum absolute atomic E-state index is 10.5. The zero-order valence-corrected chi connectivity index (χ0v) is 10.4. The minimum absolute atomic E-state index is 0.424. The Morgan fingerprint density at radius 1 is 1.67 bits per heavy atom. The molecule has 1 aromatic heterocycles. The van der Waals surface area contributed by atoms with Crippen LogP contribution in [0.15, 0.2) is 42.1 Å². The molecule has 0 aliphatic rings. The van der Waals surface area contributed by atoms with Gasteiger partial charge in [0.15, 0.2) is 6.20 Å². The maximum atomic E-state index is 10.5. The van der Waals surface area contributed by atoms with Gasteiger partial charge >= 0.3 is 39.6 Å². The van der Waals surface area contributed by atoms with Gasteiger partial charge in [0.1, 0.15) is 0 Å². The molecule has 2 nitrogen and oxygen atoms in total. The molecule has 0 aliphatic heterocycles. The topological polar surface area (TPSA) is 26.9 Å². The molecule has 12 heavy (non-hydrogen) atoms. The van der Waals surface area contributed by atoms with E-state index in [2.05, 4.69) is 19.2 Å². The van der Waals surface area contributed by atoms with Crippen LogP contribution in [0.3, 0.4) is 0 Å². The Morgan fingerprint density at radius 3 is 2.50 bits per heavy atom. The predicted molar refractivity (Wildman–Crippen MR) is 53.4 cm³/mol. The van der Waals surface area contributed by atoms with Gasteiger partial charge in [-0.15, -0.1) is 0 Å². The Kier molecular flexibility index (Phi) is 7.39. The number of hydrogen-bond donors (Lipinski definition) is 1. The van der Waals surface area contributed by atoms with E-state index in [1.807, 2.05) is 6.08 Å². The van der Waals surface area contributed by atoms with Crippen molar-refractivity contribution in [2.45, 2.75) is 9.46 Å². The van der Waals surface area contributed by atoms with Gasteiger partial charge in [0, 0.05) is 12.1 Å². The van der Waals surface area contributed by atoms with E-state index in [9.17, 15) is 5.21 Å². The smallest absolute Gasteiger partial charge is 0.248 e. The average Bonchev–Trinajstić information content (AvgIpc) is 2.11. The van der Waals surface area contributed by atoms with Gasteiger partial charge in [-0.05, 0) is 6.07 Å². The molecular formula is C8H10NOSSn. The predicted octanol–water partition coefficient (Wildman–Crippen LogP) is 1.37. The molecule has 0 unspecified atom stereocenters. The summed E-state index contributed by atoms with van der Waals surface area (Å²) in [5, 5.41) is 10.9. The monoisotopic (exact) mass is 288 g/mol. The average molecular weight is 287 g/mol. The summed E-state index contributed by atoms with van der Waals surface area (Å²) in [5.41, 5.74) is 0. The fourth-order valence-electron chi connectivity index (χ4n) is 0.419. The zero-order valence-electron chi connectivity index (χ0n) is 6.60. The summed E-state index contributed by atoms with van der Waals surface area (Å²) >= 11 is 5.40. The van der Waals surface area contributed by atoms with Gasteiger partial charge in [-0.1, -0.05) is 12.6 Å². The van der Waals surface area contributed by atoms with Gasteiger partial charge in [0.2, 0.25) is 5.03 Å². The van der Waals surface area contributed by atoms with Crippen LogP contribution >= 0.6 is 12.6 Å². The number of allylic oxidation sites excluding steroid dienone is 1. The molecule has 0 saturated carbocycles. The van der Waals surface area contributed by atoms with E-state index < -0.39 is 0 Å². The van der Waals surface area contributed by atoms with E-state index in [-0.39, 0.29) is 0 Å². The number of thiol groups is 1. The van der Waals surface area contributed by atoms with Crippen LogP contribution in [0.2, 0.25) is 4.44 Å². The van der Waals surface area contributed by atoms with E-state index in [0.29, 0.717) is 9.76 Å². The van der Waals surface area contributed by atoms with Gasteiger partial charge < -0.3 is 5.21 Å². The third kappa shape index (κ3) is 5.48. The molecule has 0 spiro atoms. The van der Waals surface area contributed by atoms with Crippen LogP contribution in [0.5, 0.6) is 0 Å². The molecular weight excluding hydrogens is 277 g/mol. The van der Waals surface area contributed by atoms with Crippen LogP contribution in [-0.4, -0.2) is 22.5 Å². The van der Waals surface area contributed by atoms with Crippen molar-refractivity contribution in [3.05, 3.63) is 42.3 Å². The standard InChI is InChI=1S/C5H5NOS.C3H5.Sn/c7-6-4-2-1-3-5(6)8;1-3-2;/h1-4,8H;3H,1-2H2;. The van der Waals surface area contributed by atoms with Crippen molar-refractivity contribution < 1.29 is 4.73 Å². The van der Waals surface area contributed by atoms with E-state index in [4.69, 9.17) is 0 Å². The van der Waals surface area contributed by atoms with Crippen LogP contribution in [0.25, 0.3) is 0 Å². The third-order valence-electron chi connectivity index (χ3n) is 0.948. The van der Waals surface area contributed by atoms with Crippen molar-refractivity contribution in [1.82, 2.24) is 0 Å². The first kappa shape index (κ1) is 11.8. The molecule has 63 valence electrons. The minimum atomic E-state index is 0.424. The Hall–Kier alpha value is -0.161. The van der Waals surface area contributed by atoms with Crippen LogP contribution < -0.4 is 4.73 Å². The molecule has 1 heterocycles. The fraction of sp³-hybridized carbons (Fsp3) is 0.125. The van der Waals surface area contributed by atoms with Crippen LogP contribution in [0.1, 0.15) is 0 Å². The van der Waals surface area contributed by atoms with E-state index >= 15 is 0 Å². The normalized spacial score (nSPS) is 8.17. The van der Waals surface area contributed by atoms with E-state index in [0.717, 1.165) is 0 Å². The Labute approximate surface area is 91.4 Å². The third-order valence-corrected chi connectivity index (χ3v) is 2.12. The van der Waals surface area contributed by atoms with Crippen molar-refractivity contribution in [2.24, 2.45) is 0 Å². The van der Waals surface area contributed by atoms with Gasteiger partial charge in [0.05, 0.1) is 0 Å². The van der Waals surface area contributed by atoms with Crippen LogP contribution in [-0.2, 0) is 0 Å². The summed E-state index contributed by atoms with van der Waals surface area (Å²) in [6.07, 6.45) is 3.32. The second kappa shape index (κ2) is 7.49. The summed E-state index contributed by atoms with van der Waals surface area (Å²) in [7, 11) is 0. The first-order valence-corrected chi connectivity index (χ1v) is 5.81. The Morgan fingerprint density at radius 2 is 2.25 bits per heavy atom. The van der Waals surface area contributed by atoms with Crippen LogP contribution in [0, 0.1) is 5.21 Å². The van der Waals surface area contributed by atoms with E-state index in [1.165, 1.54) is 10.6 Å². The van der Waals surface area contributed by atoms with Gasteiger partial charge in [-0.2, -0.15) is 4.73 Å². The SMILES string of the molecule is C=C[CH2][Sn].[O-][n+]1ccccc1S. The molecule has 1 aromatic rings. The van der Waals surface area contributed by atoms with Crippen molar-refractivity contribution in [2.75, 3.05) is 0 Å². The quantitative estimate of drug-likeness (QED) is 0.273. The van der Waals surface area contributed by atoms with Crippen molar-refractivity contribution in [1.29, 1.82) is 0 Å². The van der Waals surface area contributed by atoms with Gasteiger partial charge in [-0.3, -0.25) is 0 Å². The molecule has 0 aromatic carbocycles. The zero-order chi connectivity index (χ0) is 9.40. The van der Waals surface area contributed by atoms with Gasteiger partial charge in [-0.25, -0.2) is 0 Å². The fourth-order valence-corrected chi connectivity index (χ4v) is 0.572. The summed E-state index contributed by atoms with van der Waals surface area (Å²) in [6.45, 7) is 3.50. The largest absolute Gasteiger partial charge is 0.618 e. The molecule has 0 aliphatic carbocycles. The van der Waals surface area contributed by atoms with Crippen molar-refractivity contribution in [3.63, 3.8) is 0 Å². The van der Waals surface area contributed by atoms with Crippen LogP contribution in [0.4, 0.5) is 0 Å². The van der Waals surface area contributed by atoms with Crippen molar-refractivity contribution in [3.8, 4) is 0 Å². The number of aromatic nitrogens is 1. The molecule has 0 atom stereocenters. The number of hydrogen-bond acceptors (Lipinski definition) is 2. The molecule has 0 N–H and O–H groups in total. The van der Waals surface area contributed by atoms with Crippen molar-refractivity contribution >= 4 is 35.2 Å². The summed E-state index contributed by atoms with van der Waals surface area (Å²) < 4.78 is 1.87. The first-order valence-electron chi connectivity index (χ1n) is 3.35. The molecule has 0 bridgehead atoms. The van der Waals surface area contributed by atoms with Gasteiger partial charge in [0.25, 0.3) is 0 Å². The molecule has 0 saturated heterocycles. The molecule has 1 rings (SSSR count). The number of pyridine rings is 1. The molecule has 0 amide bonds. The summed E-state index contributed by atoms with van der Waals surface area (Å²) in [4.78, 5) is 0. The maximum Gasteiger partial charge on any atom is 0.248 e. The first-order chi connectivity index (χ1) is 5.72. The Bertz CT molecular complexity index is 221. The minimum Gasteiger partial charge on any atom is -0.618 e. The molecule has 4 heteroatoms. The number of rotatable bonds is 1. The molecule has 0 fully saturated rings. The van der Waals surface area contributed by atoms with E-state index in [1.54, 1.807) is 40.7 Å².